The van der Waals surface area contributed by atoms with Crippen molar-refractivity contribution < 1.29 is 9.59 Å². The fourth-order valence-corrected chi connectivity index (χ4v) is 2.13. The highest BCUT2D eigenvalue weighted by Crippen LogP contribution is 2.13. The Morgan fingerprint density at radius 1 is 1.05 bits per heavy atom. The van der Waals surface area contributed by atoms with Gasteiger partial charge in [0.2, 0.25) is 0 Å². The molecule has 0 radical (unpaired) electrons. The lowest BCUT2D eigenvalue weighted by Gasteiger charge is -2.12. The van der Waals surface area contributed by atoms with Crippen LogP contribution in [0, 0.1) is 0 Å². The molecule has 2 rings (SSSR count). The number of halogens is 1. The molecule has 0 saturated heterocycles. The summed E-state index contributed by atoms with van der Waals surface area (Å²) in [5.74, 6) is -0.457. The second kappa shape index (κ2) is 7.09. The summed E-state index contributed by atoms with van der Waals surface area (Å²) < 4.78 is 0. The van der Waals surface area contributed by atoms with E-state index in [0.29, 0.717) is 16.1 Å². The van der Waals surface area contributed by atoms with Gasteiger partial charge in [-0.05, 0) is 36.4 Å². The fourth-order valence-electron chi connectivity index (χ4n) is 1.94. The number of amides is 1. The van der Waals surface area contributed by atoms with Gasteiger partial charge in [0.25, 0.3) is 5.91 Å². The Morgan fingerprint density at radius 3 is 2.32 bits per heavy atom. The van der Waals surface area contributed by atoms with Crippen LogP contribution >= 0.6 is 11.6 Å². The number of rotatable bonds is 5. The van der Waals surface area contributed by atoms with E-state index in [1.807, 2.05) is 31.1 Å². The minimum atomic E-state index is -0.277. The minimum Gasteiger partial charge on any atom is -0.378 e. The van der Waals surface area contributed by atoms with Crippen LogP contribution in [0.1, 0.15) is 20.7 Å². The molecule has 0 aromatic heterocycles. The van der Waals surface area contributed by atoms with Crippen LogP contribution in [-0.2, 0) is 0 Å². The van der Waals surface area contributed by atoms with Crippen molar-refractivity contribution in [1.82, 2.24) is 5.32 Å². The predicted octanol–water partition coefficient (Wildman–Crippen LogP) is 3.02. The first-order valence-electron chi connectivity index (χ1n) is 6.82. The zero-order valence-corrected chi connectivity index (χ0v) is 13.2. The molecule has 114 valence electrons. The Hall–Kier alpha value is -2.33. The molecule has 2 aromatic rings. The number of nitrogens with zero attached hydrogens (tertiary/aromatic N) is 1. The third-order valence-electron chi connectivity index (χ3n) is 3.20. The van der Waals surface area contributed by atoms with E-state index in [9.17, 15) is 9.59 Å². The van der Waals surface area contributed by atoms with E-state index in [-0.39, 0.29) is 18.2 Å². The highest BCUT2D eigenvalue weighted by atomic mass is 35.5. The van der Waals surface area contributed by atoms with Gasteiger partial charge in [0.05, 0.1) is 6.54 Å². The Bertz CT molecular complexity index is 681. The lowest BCUT2D eigenvalue weighted by atomic mass is 10.1. The lowest BCUT2D eigenvalue weighted by Crippen LogP contribution is -2.29. The molecule has 22 heavy (non-hydrogen) atoms. The van der Waals surface area contributed by atoms with E-state index in [1.54, 1.807) is 36.4 Å². The first-order valence-corrected chi connectivity index (χ1v) is 7.19. The van der Waals surface area contributed by atoms with Crippen molar-refractivity contribution in [1.29, 1.82) is 0 Å². The average molecular weight is 317 g/mol. The van der Waals surface area contributed by atoms with Gasteiger partial charge in [-0.15, -0.1) is 0 Å². The van der Waals surface area contributed by atoms with E-state index in [1.165, 1.54) is 0 Å². The third kappa shape index (κ3) is 4.09. The van der Waals surface area contributed by atoms with Gasteiger partial charge in [-0.2, -0.15) is 0 Å². The first kappa shape index (κ1) is 16.0. The van der Waals surface area contributed by atoms with Crippen LogP contribution in [0.2, 0.25) is 5.02 Å². The van der Waals surface area contributed by atoms with Crippen LogP contribution in [0.3, 0.4) is 0 Å². The van der Waals surface area contributed by atoms with Crippen molar-refractivity contribution in [3.05, 3.63) is 64.7 Å². The Balaban J connectivity index is 1.96. The number of carbonyl (C=O) groups is 2. The predicted molar refractivity (Wildman–Crippen MR) is 88.9 cm³/mol. The number of carbonyl (C=O) groups excluding carboxylic acids is 2. The third-order valence-corrected chi connectivity index (χ3v) is 3.44. The molecule has 1 amide bonds. The monoisotopic (exact) mass is 316 g/mol. The van der Waals surface area contributed by atoms with Gasteiger partial charge in [0, 0.05) is 35.9 Å². The number of Topliss-reactive ketones (excluding diaryl/α,β-unsaturated/α-hetero) is 1. The normalized spacial score (nSPS) is 10.1. The summed E-state index contributed by atoms with van der Waals surface area (Å²) in [5.41, 5.74) is 2.01. The van der Waals surface area contributed by atoms with Crippen LogP contribution in [0.4, 0.5) is 5.69 Å². The van der Waals surface area contributed by atoms with Crippen molar-refractivity contribution in [2.24, 2.45) is 0 Å². The molecule has 0 aliphatic carbocycles. The van der Waals surface area contributed by atoms with Gasteiger partial charge in [-0.25, -0.2) is 0 Å². The lowest BCUT2D eigenvalue weighted by molar-refractivity contribution is 0.0904. The quantitative estimate of drug-likeness (QED) is 0.863. The molecule has 0 bridgehead atoms. The molecule has 0 spiro atoms. The summed E-state index contributed by atoms with van der Waals surface area (Å²) in [7, 11) is 3.86. The van der Waals surface area contributed by atoms with Crippen LogP contribution < -0.4 is 10.2 Å². The standard InChI is InChI=1S/C17H17ClN2O2/c1-20(2)15-8-6-12(7-9-15)17(22)19-11-16(21)13-4-3-5-14(18)10-13/h3-10H,11H2,1-2H3,(H,19,22). The van der Waals surface area contributed by atoms with Crippen LogP contribution in [-0.4, -0.2) is 32.3 Å². The molecule has 0 unspecified atom stereocenters. The molecule has 2 aromatic carbocycles. The fraction of sp³-hybridized carbons (Fsp3) is 0.176. The highest BCUT2D eigenvalue weighted by molar-refractivity contribution is 6.31. The molecule has 4 nitrogen and oxygen atoms in total. The molecule has 0 atom stereocenters. The Labute approximate surface area is 134 Å². The number of benzene rings is 2. The van der Waals surface area contributed by atoms with Crippen molar-refractivity contribution in [3.63, 3.8) is 0 Å². The molecular weight excluding hydrogens is 300 g/mol. The van der Waals surface area contributed by atoms with Gasteiger partial charge in [-0.3, -0.25) is 9.59 Å². The zero-order chi connectivity index (χ0) is 16.1. The smallest absolute Gasteiger partial charge is 0.251 e. The summed E-state index contributed by atoms with van der Waals surface area (Å²) in [6.07, 6.45) is 0. The van der Waals surface area contributed by atoms with Gasteiger partial charge in [0.15, 0.2) is 5.78 Å². The van der Waals surface area contributed by atoms with Crippen LogP contribution in [0.15, 0.2) is 48.5 Å². The van der Waals surface area contributed by atoms with E-state index >= 15 is 0 Å². The zero-order valence-electron chi connectivity index (χ0n) is 12.5. The minimum absolute atomic E-state index is 0.0609. The van der Waals surface area contributed by atoms with E-state index in [2.05, 4.69) is 5.32 Å². The van der Waals surface area contributed by atoms with Gasteiger partial charge in [-0.1, -0.05) is 23.7 Å². The Morgan fingerprint density at radius 2 is 1.73 bits per heavy atom. The van der Waals surface area contributed by atoms with Gasteiger partial charge < -0.3 is 10.2 Å². The van der Waals surface area contributed by atoms with Gasteiger partial charge in [0.1, 0.15) is 0 Å². The van der Waals surface area contributed by atoms with Crippen LogP contribution in [0.5, 0.6) is 0 Å². The molecule has 0 fully saturated rings. The van der Waals surface area contributed by atoms with Crippen molar-refractivity contribution in [2.75, 3.05) is 25.5 Å². The van der Waals surface area contributed by atoms with Crippen molar-refractivity contribution in [2.45, 2.75) is 0 Å². The maximum Gasteiger partial charge on any atom is 0.251 e. The second-order valence-electron chi connectivity index (χ2n) is 5.06. The number of ketones is 1. The average Bonchev–Trinajstić information content (AvgIpc) is 2.52. The summed E-state index contributed by atoms with van der Waals surface area (Å²) >= 11 is 5.84. The maximum atomic E-state index is 12.0. The van der Waals surface area contributed by atoms with Crippen molar-refractivity contribution >= 4 is 29.0 Å². The topological polar surface area (TPSA) is 49.4 Å². The van der Waals surface area contributed by atoms with E-state index < -0.39 is 0 Å². The van der Waals surface area contributed by atoms with Crippen molar-refractivity contribution in [3.8, 4) is 0 Å². The summed E-state index contributed by atoms with van der Waals surface area (Å²) in [6, 6.07) is 13.8. The molecule has 1 N–H and O–H groups in total. The van der Waals surface area contributed by atoms with E-state index in [4.69, 9.17) is 11.6 Å². The molecular formula is C17H17ClN2O2. The number of nitrogens with one attached hydrogen (secondary N) is 1. The molecule has 5 heteroatoms. The number of anilines is 1. The summed E-state index contributed by atoms with van der Waals surface area (Å²) in [5, 5.41) is 3.12. The summed E-state index contributed by atoms with van der Waals surface area (Å²) in [6.45, 7) is -0.0609. The number of hydrogen-bond acceptors (Lipinski definition) is 3. The highest BCUT2D eigenvalue weighted by Gasteiger charge is 2.10. The molecule has 0 aliphatic rings. The molecule has 0 saturated carbocycles. The summed E-state index contributed by atoms with van der Waals surface area (Å²) in [4.78, 5) is 26.0. The first-order chi connectivity index (χ1) is 10.5. The second-order valence-corrected chi connectivity index (χ2v) is 5.49. The van der Waals surface area contributed by atoms with Crippen LogP contribution in [0.25, 0.3) is 0 Å². The molecule has 0 aliphatic heterocycles. The number of hydrogen-bond donors (Lipinski definition) is 1. The Kier molecular flexibility index (Phi) is 5.17. The largest absolute Gasteiger partial charge is 0.378 e. The SMILES string of the molecule is CN(C)c1ccc(C(=O)NCC(=O)c2cccc(Cl)c2)cc1. The van der Waals surface area contributed by atoms with E-state index in [0.717, 1.165) is 5.69 Å². The van der Waals surface area contributed by atoms with Gasteiger partial charge >= 0.3 is 0 Å². The maximum absolute atomic E-state index is 12.0. The molecule has 0 heterocycles.